The fraction of sp³-hybridized carbons (Fsp3) is 0.600. The Labute approximate surface area is 121 Å². The number of piperidine rings is 2. The molecule has 0 saturated carbocycles. The molecule has 1 aromatic carbocycles. The Kier molecular flexibility index (Phi) is 3.97. The number of ether oxygens (including phenoxy) is 2. The number of halogens is 3. The van der Waals surface area contributed by atoms with E-state index in [-0.39, 0.29) is 11.9 Å². The standard InChI is InChI=1S/C15H18F3NO2/c16-15(17,18)21-13-6-4-12(5-7-13)20-14-8-10-2-1-3-11(9-14)19-10/h4-7,10-11,14,19H,1-3,8-9H2. The predicted octanol–water partition coefficient (Wildman–Crippen LogP) is 3.64. The summed E-state index contributed by atoms with van der Waals surface area (Å²) >= 11 is 0. The van der Waals surface area contributed by atoms with Crippen LogP contribution in [0.1, 0.15) is 32.1 Å². The largest absolute Gasteiger partial charge is 0.573 e. The van der Waals surface area contributed by atoms with Crippen molar-refractivity contribution >= 4 is 0 Å². The second-order valence-electron chi connectivity index (χ2n) is 5.72. The molecular weight excluding hydrogens is 283 g/mol. The Morgan fingerprint density at radius 2 is 1.52 bits per heavy atom. The van der Waals surface area contributed by atoms with Crippen LogP contribution in [0.5, 0.6) is 11.5 Å². The highest BCUT2D eigenvalue weighted by atomic mass is 19.4. The fourth-order valence-electron chi connectivity index (χ4n) is 3.22. The molecule has 2 heterocycles. The molecule has 2 fully saturated rings. The quantitative estimate of drug-likeness (QED) is 0.924. The van der Waals surface area contributed by atoms with Crippen molar-refractivity contribution in [1.82, 2.24) is 5.32 Å². The first kappa shape index (κ1) is 14.5. The molecule has 2 saturated heterocycles. The van der Waals surface area contributed by atoms with Gasteiger partial charge in [-0.2, -0.15) is 0 Å². The molecule has 116 valence electrons. The molecule has 2 aliphatic rings. The maximum Gasteiger partial charge on any atom is 0.573 e. The minimum atomic E-state index is -4.66. The SMILES string of the molecule is FC(F)(F)Oc1ccc(OC2CC3CCCC(C2)N3)cc1. The molecule has 21 heavy (non-hydrogen) atoms. The van der Waals surface area contributed by atoms with Crippen LogP contribution in [0.2, 0.25) is 0 Å². The van der Waals surface area contributed by atoms with E-state index in [9.17, 15) is 13.2 Å². The Hall–Kier alpha value is -1.43. The van der Waals surface area contributed by atoms with Gasteiger partial charge in [0.1, 0.15) is 17.6 Å². The normalized spacial score (nSPS) is 29.0. The van der Waals surface area contributed by atoms with Crippen molar-refractivity contribution in [1.29, 1.82) is 0 Å². The Morgan fingerprint density at radius 3 is 2.10 bits per heavy atom. The maximum atomic E-state index is 12.1. The van der Waals surface area contributed by atoms with E-state index in [1.807, 2.05) is 0 Å². The van der Waals surface area contributed by atoms with E-state index in [1.165, 1.54) is 43.5 Å². The van der Waals surface area contributed by atoms with Crippen LogP contribution in [0.4, 0.5) is 13.2 Å². The average Bonchev–Trinajstić information content (AvgIpc) is 2.39. The summed E-state index contributed by atoms with van der Waals surface area (Å²) in [5, 5.41) is 3.58. The van der Waals surface area contributed by atoms with Gasteiger partial charge in [-0.3, -0.25) is 0 Å². The number of fused-ring (bicyclic) bond motifs is 2. The minimum Gasteiger partial charge on any atom is -0.490 e. The third-order valence-corrected chi connectivity index (χ3v) is 4.03. The summed E-state index contributed by atoms with van der Waals surface area (Å²) in [5.41, 5.74) is 0. The van der Waals surface area contributed by atoms with Gasteiger partial charge in [-0.1, -0.05) is 6.42 Å². The lowest BCUT2D eigenvalue weighted by Gasteiger charge is -2.40. The Bertz CT molecular complexity index is 463. The van der Waals surface area contributed by atoms with Gasteiger partial charge in [-0.15, -0.1) is 13.2 Å². The smallest absolute Gasteiger partial charge is 0.490 e. The van der Waals surface area contributed by atoms with Crippen LogP contribution in [-0.4, -0.2) is 24.6 Å². The zero-order chi connectivity index (χ0) is 14.9. The van der Waals surface area contributed by atoms with Crippen LogP contribution in [0, 0.1) is 0 Å². The molecule has 6 heteroatoms. The zero-order valence-corrected chi connectivity index (χ0v) is 11.5. The molecule has 0 radical (unpaired) electrons. The van der Waals surface area contributed by atoms with Gasteiger partial charge in [0.05, 0.1) is 0 Å². The predicted molar refractivity (Wildman–Crippen MR) is 71.3 cm³/mol. The van der Waals surface area contributed by atoms with Gasteiger partial charge >= 0.3 is 6.36 Å². The van der Waals surface area contributed by atoms with Crippen LogP contribution >= 0.6 is 0 Å². The van der Waals surface area contributed by atoms with E-state index in [4.69, 9.17) is 4.74 Å². The number of benzene rings is 1. The first-order valence-electron chi connectivity index (χ1n) is 7.26. The second kappa shape index (κ2) is 5.75. The summed E-state index contributed by atoms with van der Waals surface area (Å²) in [6.07, 6.45) is 1.00. The van der Waals surface area contributed by atoms with E-state index in [0.29, 0.717) is 17.8 Å². The lowest BCUT2D eigenvalue weighted by molar-refractivity contribution is -0.274. The number of rotatable bonds is 3. The van der Waals surface area contributed by atoms with E-state index in [1.54, 1.807) is 0 Å². The van der Waals surface area contributed by atoms with Crippen molar-refractivity contribution in [3.8, 4) is 11.5 Å². The van der Waals surface area contributed by atoms with Crippen molar-refractivity contribution in [3.05, 3.63) is 24.3 Å². The van der Waals surface area contributed by atoms with Gasteiger partial charge in [0, 0.05) is 12.1 Å². The van der Waals surface area contributed by atoms with Gasteiger partial charge in [-0.05, 0) is 49.9 Å². The van der Waals surface area contributed by atoms with Crippen molar-refractivity contribution in [2.75, 3.05) is 0 Å². The third-order valence-electron chi connectivity index (χ3n) is 4.03. The number of nitrogens with one attached hydrogen (secondary N) is 1. The fourth-order valence-corrected chi connectivity index (χ4v) is 3.22. The highest BCUT2D eigenvalue weighted by Crippen LogP contribution is 2.30. The Morgan fingerprint density at radius 1 is 0.952 bits per heavy atom. The second-order valence-corrected chi connectivity index (χ2v) is 5.72. The van der Waals surface area contributed by atoms with Gasteiger partial charge in [0.25, 0.3) is 0 Å². The molecule has 3 nitrogen and oxygen atoms in total. The number of hydrogen-bond donors (Lipinski definition) is 1. The summed E-state index contributed by atoms with van der Waals surface area (Å²) in [4.78, 5) is 0. The summed E-state index contributed by atoms with van der Waals surface area (Å²) in [5.74, 6) is 0.367. The minimum absolute atomic E-state index is 0.135. The third kappa shape index (κ3) is 4.03. The summed E-state index contributed by atoms with van der Waals surface area (Å²) in [7, 11) is 0. The molecule has 0 spiro atoms. The molecule has 2 bridgehead atoms. The maximum absolute atomic E-state index is 12.1. The highest BCUT2D eigenvalue weighted by Gasteiger charge is 2.33. The van der Waals surface area contributed by atoms with Crippen molar-refractivity contribution in [3.63, 3.8) is 0 Å². The van der Waals surface area contributed by atoms with Gasteiger partial charge in [-0.25, -0.2) is 0 Å². The molecular formula is C15H18F3NO2. The molecule has 2 atom stereocenters. The van der Waals surface area contributed by atoms with Crippen molar-refractivity contribution in [2.24, 2.45) is 0 Å². The topological polar surface area (TPSA) is 30.5 Å². The molecule has 1 aromatic rings. The van der Waals surface area contributed by atoms with E-state index in [0.717, 1.165) is 12.8 Å². The van der Waals surface area contributed by atoms with Crippen LogP contribution in [-0.2, 0) is 0 Å². The summed E-state index contributed by atoms with van der Waals surface area (Å²) < 4.78 is 46.0. The van der Waals surface area contributed by atoms with Crippen LogP contribution in [0.15, 0.2) is 24.3 Å². The lowest BCUT2D eigenvalue weighted by Crippen LogP contribution is -2.51. The van der Waals surface area contributed by atoms with E-state index in [2.05, 4.69) is 10.1 Å². The first-order valence-corrected chi connectivity index (χ1v) is 7.26. The monoisotopic (exact) mass is 301 g/mol. The van der Waals surface area contributed by atoms with Crippen molar-refractivity contribution < 1.29 is 22.6 Å². The number of alkyl halides is 3. The van der Waals surface area contributed by atoms with Gasteiger partial charge in [0.15, 0.2) is 0 Å². The number of hydrogen-bond acceptors (Lipinski definition) is 3. The van der Waals surface area contributed by atoms with Gasteiger partial charge in [0.2, 0.25) is 0 Å². The molecule has 2 aliphatic heterocycles. The molecule has 2 unspecified atom stereocenters. The van der Waals surface area contributed by atoms with Crippen LogP contribution < -0.4 is 14.8 Å². The molecule has 0 aliphatic carbocycles. The first-order chi connectivity index (χ1) is 9.98. The van der Waals surface area contributed by atoms with E-state index < -0.39 is 6.36 Å². The zero-order valence-electron chi connectivity index (χ0n) is 11.5. The summed E-state index contributed by atoms with van der Waals surface area (Å²) in [6.45, 7) is 0. The van der Waals surface area contributed by atoms with Gasteiger partial charge < -0.3 is 14.8 Å². The lowest BCUT2D eigenvalue weighted by atomic mass is 9.85. The van der Waals surface area contributed by atoms with E-state index >= 15 is 0 Å². The average molecular weight is 301 g/mol. The molecule has 3 rings (SSSR count). The van der Waals surface area contributed by atoms with Crippen molar-refractivity contribution in [2.45, 2.75) is 56.7 Å². The Balaban J connectivity index is 1.58. The highest BCUT2D eigenvalue weighted by molar-refractivity contribution is 5.31. The molecule has 0 amide bonds. The molecule has 1 N–H and O–H groups in total. The van der Waals surface area contributed by atoms with Crippen LogP contribution in [0.25, 0.3) is 0 Å². The molecule has 0 aromatic heterocycles. The summed E-state index contributed by atoms with van der Waals surface area (Å²) in [6, 6.07) is 6.64. The van der Waals surface area contributed by atoms with Crippen LogP contribution in [0.3, 0.4) is 0 Å².